The van der Waals surface area contributed by atoms with Gasteiger partial charge in [-0.25, -0.2) is 0 Å². The van der Waals surface area contributed by atoms with Crippen molar-refractivity contribution < 1.29 is 9.84 Å². The summed E-state index contributed by atoms with van der Waals surface area (Å²) >= 11 is 1.08. The van der Waals surface area contributed by atoms with Crippen LogP contribution in [0, 0.1) is 11.8 Å². The summed E-state index contributed by atoms with van der Waals surface area (Å²) in [5.41, 5.74) is 0. The van der Waals surface area contributed by atoms with Gasteiger partial charge in [0.15, 0.2) is 0 Å². The molecule has 0 spiro atoms. The van der Waals surface area contributed by atoms with Crippen LogP contribution >= 0.6 is 11.7 Å². The Morgan fingerprint density at radius 1 is 1.73 bits per heavy atom. The lowest BCUT2D eigenvalue weighted by Gasteiger charge is -2.10. The summed E-state index contributed by atoms with van der Waals surface area (Å²) in [6, 6.07) is 0. The average molecular weight is 227 g/mol. The molecule has 1 heterocycles. The van der Waals surface area contributed by atoms with Crippen molar-refractivity contribution in [1.82, 2.24) is 14.1 Å². The monoisotopic (exact) mass is 227 g/mol. The molecular weight excluding hydrogens is 214 g/mol. The predicted octanol–water partition coefficient (Wildman–Crippen LogP) is -0.109. The first-order valence-corrected chi connectivity index (χ1v) is 5.24. The van der Waals surface area contributed by atoms with Gasteiger partial charge in [0, 0.05) is 6.54 Å². The predicted molar refractivity (Wildman–Crippen MR) is 57.7 cm³/mol. The van der Waals surface area contributed by atoms with Gasteiger partial charge in [-0.05, 0) is 6.92 Å². The zero-order chi connectivity index (χ0) is 10.9. The third-order valence-corrected chi connectivity index (χ3v) is 2.00. The minimum absolute atomic E-state index is 0.206. The molecular formula is C9H13N3O2S. The minimum Gasteiger partial charge on any atom is -0.473 e. The number of nitrogens with zero attached hydrogens (tertiary/aromatic N) is 2. The van der Waals surface area contributed by atoms with Crippen molar-refractivity contribution in [3.05, 3.63) is 6.20 Å². The van der Waals surface area contributed by atoms with Crippen LogP contribution in [-0.4, -0.2) is 39.7 Å². The molecule has 6 heteroatoms. The van der Waals surface area contributed by atoms with Gasteiger partial charge in [-0.3, -0.25) is 0 Å². The maximum absolute atomic E-state index is 9.47. The number of aromatic nitrogens is 2. The Hall–Kier alpha value is -1.16. The van der Waals surface area contributed by atoms with Gasteiger partial charge in [-0.2, -0.15) is 4.37 Å². The van der Waals surface area contributed by atoms with Gasteiger partial charge in [0.1, 0.15) is 18.9 Å². The molecule has 2 N–H and O–H groups in total. The molecule has 0 aromatic carbocycles. The fraction of sp³-hybridized carbons (Fsp3) is 0.556. The summed E-state index contributed by atoms with van der Waals surface area (Å²) in [7, 11) is 0. The highest BCUT2D eigenvalue weighted by Crippen LogP contribution is 2.04. The third-order valence-electron chi connectivity index (χ3n) is 1.53. The highest BCUT2D eigenvalue weighted by Gasteiger charge is 2.05. The zero-order valence-corrected chi connectivity index (χ0v) is 9.25. The van der Waals surface area contributed by atoms with Gasteiger partial charge in [0.25, 0.3) is 0 Å². The van der Waals surface area contributed by atoms with Crippen LogP contribution in [0.2, 0.25) is 0 Å². The third kappa shape index (κ3) is 5.32. The van der Waals surface area contributed by atoms with E-state index in [1.54, 1.807) is 6.92 Å². The van der Waals surface area contributed by atoms with E-state index in [9.17, 15) is 5.11 Å². The smallest absolute Gasteiger partial charge is 0.245 e. The summed E-state index contributed by atoms with van der Waals surface area (Å²) < 4.78 is 12.8. The van der Waals surface area contributed by atoms with Crippen molar-refractivity contribution in [3.63, 3.8) is 0 Å². The lowest BCUT2D eigenvalue weighted by Crippen LogP contribution is -2.31. The molecule has 82 valence electrons. The molecule has 0 radical (unpaired) electrons. The second-order valence-corrected chi connectivity index (χ2v) is 3.32. The lowest BCUT2D eigenvalue weighted by atomic mass is 10.4. The first-order chi connectivity index (χ1) is 7.33. The fourth-order valence-corrected chi connectivity index (χ4v) is 1.21. The Labute approximate surface area is 92.8 Å². The molecule has 5 nitrogen and oxygen atoms in total. The SMILES string of the molecule is CC#CCNCC(O)COc1cnsn1. The molecule has 0 saturated carbocycles. The van der Waals surface area contributed by atoms with Crippen molar-refractivity contribution in [2.45, 2.75) is 13.0 Å². The van der Waals surface area contributed by atoms with Crippen LogP contribution in [0.25, 0.3) is 0 Å². The molecule has 0 amide bonds. The van der Waals surface area contributed by atoms with Crippen LogP contribution < -0.4 is 10.1 Å². The Morgan fingerprint density at radius 3 is 3.27 bits per heavy atom. The Balaban J connectivity index is 2.07. The fourth-order valence-electron chi connectivity index (χ4n) is 0.850. The van der Waals surface area contributed by atoms with E-state index in [1.165, 1.54) is 6.20 Å². The van der Waals surface area contributed by atoms with Crippen LogP contribution in [0.3, 0.4) is 0 Å². The lowest BCUT2D eigenvalue weighted by molar-refractivity contribution is 0.105. The number of aliphatic hydroxyl groups excluding tert-OH is 1. The molecule has 0 bridgehead atoms. The molecule has 1 aromatic rings. The van der Waals surface area contributed by atoms with Gasteiger partial charge in [0.2, 0.25) is 5.88 Å². The first-order valence-electron chi connectivity index (χ1n) is 4.51. The second kappa shape index (κ2) is 7.17. The maximum atomic E-state index is 9.47. The summed E-state index contributed by atoms with van der Waals surface area (Å²) in [5.74, 6) is 6.04. The summed E-state index contributed by atoms with van der Waals surface area (Å²) in [5, 5.41) is 12.4. The highest BCUT2D eigenvalue weighted by molar-refractivity contribution is 6.99. The van der Waals surface area contributed by atoms with Crippen molar-refractivity contribution in [2.24, 2.45) is 0 Å². The molecule has 0 aliphatic carbocycles. The maximum Gasteiger partial charge on any atom is 0.245 e. The van der Waals surface area contributed by atoms with E-state index < -0.39 is 6.10 Å². The van der Waals surface area contributed by atoms with E-state index >= 15 is 0 Å². The number of aliphatic hydroxyl groups is 1. The number of rotatable bonds is 6. The van der Waals surface area contributed by atoms with Crippen molar-refractivity contribution in [3.8, 4) is 17.7 Å². The Kier molecular flexibility index (Phi) is 5.70. The molecule has 0 aliphatic heterocycles. The van der Waals surface area contributed by atoms with Crippen LogP contribution in [0.5, 0.6) is 5.88 Å². The quantitative estimate of drug-likeness (QED) is 0.524. The number of hydrogen-bond donors (Lipinski definition) is 2. The standard InChI is InChI=1S/C9H13N3O2S/c1-2-3-4-10-5-8(13)7-14-9-6-11-15-12-9/h6,8,10,13H,4-5,7H2,1H3. The Morgan fingerprint density at radius 2 is 2.60 bits per heavy atom. The summed E-state index contributed by atoms with van der Waals surface area (Å²) in [6.07, 6.45) is 0.957. The van der Waals surface area contributed by atoms with Gasteiger partial charge in [-0.15, -0.1) is 10.3 Å². The van der Waals surface area contributed by atoms with E-state index in [1.807, 2.05) is 0 Å². The van der Waals surface area contributed by atoms with E-state index in [-0.39, 0.29) is 6.61 Å². The largest absolute Gasteiger partial charge is 0.473 e. The van der Waals surface area contributed by atoms with Gasteiger partial charge >= 0.3 is 0 Å². The molecule has 1 unspecified atom stereocenters. The van der Waals surface area contributed by atoms with Crippen LogP contribution in [0.4, 0.5) is 0 Å². The van der Waals surface area contributed by atoms with Crippen LogP contribution in [0.15, 0.2) is 6.20 Å². The van der Waals surface area contributed by atoms with E-state index in [0.29, 0.717) is 19.0 Å². The molecule has 1 aromatic heterocycles. The number of ether oxygens (including phenoxy) is 1. The number of nitrogens with one attached hydrogen (secondary N) is 1. The summed E-state index contributed by atoms with van der Waals surface area (Å²) in [6.45, 7) is 3.01. The minimum atomic E-state index is -0.564. The molecule has 15 heavy (non-hydrogen) atoms. The molecule has 0 fully saturated rings. The molecule has 0 aliphatic rings. The van der Waals surface area contributed by atoms with Crippen molar-refractivity contribution in [2.75, 3.05) is 19.7 Å². The molecule has 1 atom stereocenters. The van der Waals surface area contributed by atoms with Gasteiger partial charge in [-0.1, -0.05) is 5.92 Å². The van der Waals surface area contributed by atoms with Crippen LogP contribution in [-0.2, 0) is 0 Å². The highest BCUT2D eigenvalue weighted by atomic mass is 32.1. The molecule has 0 saturated heterocycles. The van der Waals surface area contributed by atoms with Crippen molar-refractivity contribution in [1.29, 1.82) is 0 Å². The summed E-state index contributed by atoms with van der Waals surface area (Å²) in [4.78, 5) is 0. The van der Waals surface area contributed by atoms with Crippen LogP contribution in [0.1, 0.15) is 6.92 Å². The van der Waals surface area contributed by atoms with E-state index in [0.717, 1.165) is 11.7 Å². The normalized spacial score (nSPS) is 11.6. The Bertz CT molecular complexity index is 318. The topological polar surface area (TPSA) is 67.3 Å². The van der Waals surface area contributed by atoms with E-state index in [4.69, 9.17) is 4.74 Å². The second-order valence-electron chi connectivity index (χ2n) is 2.77. The van der Waals surface area contributed by atoms with Gasteiger partial charge in [0.05, 0.1) is 18.3 Å². The van der Waals surface area contributed by atoms with E-state index in [2.05, 4.69) is 25.9 Å². The van der Waals surface area contributed by atoms with Gasteiger partial charge < -0.3 is 15.2 Å². The number of hydrogen-bond acceptors (Lipinski definition) is 6. The molecule has 1 rings (SSSR count). The van der Waals surface area contributed by atoms with Crippen molar-refractivity contribution >= 4 is 11.7 Å². The zero-order valence-electron chi connectivity index (χ0n) is 8.43. The average Bonchev–Trinajstić information content (AvgIpc) is 2.74. The first kappa shape index (κ1) is 11.9.